The Morgan fingerprint density at radius 3 is 2.47 bits per heavy atom. The van der Waals surface area contributed by atoms with E-state index in [4.69, 9.17) is 34.8 Å². The first-order chi connectivity index (χ1) is 15.3. The number of hydrogen-bond donors (Lipinski definition) is 2. The maximum Gasteiger partial charge on any atom is 0.245 e. The minimum absolute atomic E-state index is 0.0242. The lowest BCUT2D eigenvalue weighted by Crippen LogP contribution is -2.53. The van der Waals surface area contributed by atoms with Crippen LogP contribution < -0.4 is 15.5 Å². The Kier molecular flexibility index (Phi) is 6.93. The number of rotatable bonds is 5. The van der Waals surface area contributed by atoms with Crippen molar-refractivity contribution in [3.8, 4) is 0 Å². The van der Waals surface area contributed by atoms with Crippen LogP contribution in [0, 0.1) is 0 Å². The molecule has 1 aromatic heterocycles. The predicted octanol–water partition coefficient (Wildman–Crippen LogP) is 3.54. The van der Waals surface area contributed by atoms with E-state index < -0.39 is 6.04 Å². The van der Waals surface area contributed by atoms with Crippen LogP contribution in [0.5, 0.6) is 0 Å². The quantitative estimate of drug-likeness (QED) is 0.657. The second-order valence-corrected chi connectivity index (χ2v) is 9.19. The minimum Gasteiger partial charge on any atom is -0.362 e. The maximum absolute atomic E-state index is 12.6. The molecule has 32 heavy (non-hydrogen) atoms. The summed E-state index contributed by atoms with van der Waals surface area (Å²) in [6.07, 6.45) is 2.53. The van der Waals surface area contributed by atoms with E-state index >= 15 is 0 Å². The van der Waals surface area contributed by atoms with Crippen molar-refractivity contribution in [2.75, 3.05) is 36.4 Å². The second kappa shape index (κ2) is 9.68. The third-order valence-corrected chi connectivity index (χ3v) is 6.35. The van der Waals surface area contributed by atoms with Gasteiger partial charge in [0.05, 0.1) is 12.2 Å². The standard InChI is InChI=1S/C21H23Cl3N6O2/c1-12(13-8-14(22)10-15(23)9-13)26-19-16(24)11-25-21(28-19)30-6-4-29(5-7-30)20(32)17-2-3-18(31)27-17/h8-12,17H,2-7H2,1H3,(H,27,31)(H,25,26,28)/t12-,17-/m1/s1. The summed E-state index contributed by atoms with van der Waals surface area (Å²) >= 11 is 18.6. The lowest BCUT2D eigenvalue weighted by atomic mass is 10.1. The second-order valence-electron chi connectivity index (χ2n) is 7.91. The lowest BCUT2D eigenvalue weighted by Gasteiger charge is -2.36. The molecule has 0 aliphatic carbocycles. The van der Waals surface area contributed by atoms with E-state index in [1.54, 1.807) is 17.2 Å². The molecule has 0 saturated carbocycles. The van der Waals surface area contributed by atoms with Crippen LogP contribution in [-0.2, 0) is 9.59 Å². The molecule has 2 aliphatic rings. The van der Waals surface area contributed by atoms with Crippen LogP contribution in [0.1, 0.15) is 31.4 Å². The van der Waals surface area contributed by atoms with Crippen LogP contribution in [0.2, 0.25) is 15.1 Å². The predicted molar refractivity (Wildman–Crippen MR) is 125 cm³/mol. The number of carbonyl (C=O) groups is 2. The average molecular weight is 498 g/mol. The third-order valence-electron chi connectivity index (χ3n) is 5.64. The van der Waals surface area contributed by atoms with Crippen molar-refractivity contribution in [2.24, 2.45) is 0 Å². The SMILES string of the molecule is C[C@@H](Nc1nc(N2CCN(C(=O)[C@H]3CCC(=O)N3)CC2)ncc1Cl)c1cc(Cl)cc(Cl)c1. The molecule has 11 heteroatoms. The van der Waals surface area contributed by atoms with Crippen molar-refractivity contribution < 1.29 is 9.59 Å². The van der Waals surface area contributed by atoms with Gasteiger partial charge in [0.2, 0.25) is 17.8 Å². The van der Waals surface area contributed by atoms with Gasteiger partial charge in [-0.25, -0.2) is 4.98 Å². The molecule has 2 atom stereocenters. The molecule has 2 fully saturated rings. The Morgan fingerprint density at radius 2 is 1.84 bits per heavy atom. The molecule has 4 rings (SSSR count). The molecule has 0 bridgehead atoms. The molecule has 2 amide bonds. The van der Waals surface area contributed by atoms with Crippen LogP contribution in [0.15, 0.2) is 24.4 Å². The van der Waals surface area contributed by atoms with Gasteiger partial charge in [0.15, 0.2) is 5.82 Å². The van der Waals surface area contributed by atoms with Gasteiger partial charge in [0, 0.05) is 42.6 Å². The fraction of sp³-hybridized carbons (Fsp3) is 0.429. The van der Waals surface area contributed by atoms with Crippen molar-refractivity contribution >= 4 is 58.4 Å². The van der Waals surface area contributed by atoms with Gasteiger partial charge in [-0.1, -0.05) is 34.8 Å². The van der Waals surface area contributed by atoms with E-state index in [9.17, 15) is 9.59 Å². The molecule has 3 heterocycles. The summed E-state index contributed by atoms with van der Waals surface area (Å²) in [4.78, 5) is 36.8. The fourth-order valence-corrected chi connectivity index (χ4v) is 4.56. The Bertz CT molecular complexity index is 1010. The number of nitrogens with zero attached hydrogens (tertiary/aromatic N) is 4. The zero-order valence-electron chi connectivity index (χ0n) is 17.4. The first-order valence-electron chi connectivity index (χ1n) is 10.4. The molecule has 2 aromatic rings. The Labute approximate surface area is 201 Å². The summed E-state index contributed by atoms with van der Waals surface area (Å²) in [5.41, 5.74) is 0.907. The van der Waals surface area contributed by atoms with Crippen LogP contribution in [-0.4, -0.2) is 58.9 Å². The van der Waals surface area contributed by atoms with Crippen molar-refractivity contribution in [1.29, 1.82) is 0 Å². The van der Waals surface area contributed by atoms with Crippen LogP contribution >= 0.6 is 34.8 Å². The molecule has 0 spiro atoms. The van der Waals surface area contributed by atoms with Crippen LogP contribution in [0.4, 0.5) is 11.8 Å². The van der Waals surface area contributed by atoms with Gasteiger partial charge in [-0.15, -0.1) is 0 Å². The first kappa shape index (κ1) is 22.9. The molecule has 2 N–H and O–H groups in total. The van der Waals surface area contributed by atoms with Gasteiger partial charge in [-0.3, -0.25) is 9.59 Å². The fourth-order valence-electron chi connectivity index (χ4n) is 3.87. The molecular weight excluding hydrogens is 475 g/mol. The summed E-state index contributed by atoms with van der Waals surface area (Å²) in [6.45, 7) is 4.22. The summed E-state index contributed by atoms with van der Waals surface area (Å²) < 4.78 is 0. The number of anilines is 2. The molecule has 170 valence electrons. The summed E-state index contributed by atoms with van der Waals surface area (Å²) in [5, 5.41) is 7.55. The van der Waals surface area contributed by atoms with E-state index in [0.29, 0.717) is 65.9 Å². The van der Waals surface area contributed by atoms with Crippen LogP contribution in [0.3, 0.4) is 0 Å². The molecule has 0 unspecified atom stereocenters. The van der Waals surface area contributed by atoms with Crippen molar-refractivity contribution in [1.82, 2.24) is 20.2 Å². The highest BCUT2D eigenvalue weighted by Gasteiger charge is 2.32. The largest absolute Gasteiger partial charge is 0.362 e. The van der Waals surface area contributed by atoms with Gasteiger partial charge in [0.1, 0.15) is 11.1 Å². The summed E-state index contributed by atoms with van der Waals surface area (Å²) in [7, 11) is 0. The maximum atomic E-state index is 12.6. The van der Waals surface area contributed by atoms with Gasteiger partial charge in [-0.2, -0.15) is 4.98 Å². The molecule has 8 nitrogen and oxygen atoms in total. The Hall–Kier alpha value is -2.29. The number of piperazine rings is 1. The number of halogens is 3. The molecule has 2 aliphatic heterocycles. The van der Waals surface area contributed by atoms with E-state index in [-0.39, 0.29) is 17.9 Å². The van der Waals surface area contributed by atoms with E-state index in [2.05, 4.69) is 20.6 Å². The normalized spacial score (nSPS) is 19.6. The van der Waals surface area contributed by atoms with Crippen LogP contribution in [0.25, 0.3) is 0 Å². The highest BCUT2D eigenvalue weighted by molar-refractivity contribution is 6.34. The van der Waals surface area contributed by atoms with Gasteiger partial charge >= 0.3 is 0 Å². The number of amides is 2. The van der Waals surface area contributed by atoms with E-state index in [0.717, 1.165) is 5.56 Å². The highest BCUT2D eigenvalue weighted by atomic mass is 35.5. The molecule has 0 radical (unpaired) electrons. The Morgan fingerprint density at radius 1 is 1.16 bits per heavy atom. The zero-order valence-corrected chi connectivity index (χ0v) is 19.7. The minimum atomic E-state index is -0.405. The number of benzene rings is 1. The summed E-state index contributed by atoms with van der Waals surface area (Å²) in [6, 6.07) is 4.81. The van der Waals surface area contributed by atoms with Crippen molar-refractivity contribution in [3.05, 3.63) is 45.0 Å². The number of nitrogens with one attached hydrogen (secondary N) is 2. The summed E-state index contributed by atoms with van der Waals surface area (Å²) in [5.74, 6) is 0.955. The Balaban J connectivity index is 1.40. The number of aromatic nitrogens is 2. The third kappa shape index (κ3) is 5.19. The number of carbonyl (C=O) groups excluding carboxylic acids is 2. The van der Waals surface area contributed by atoms with Gasteiger partial charge < -0.3 is 20.4 Å². The average Bonchev–Trinajstić information content (AvgIpc) is 3.20. The lowest BCUT2D eigenvalue weighted by molar-refractivity contribution is -0.134. The molecule has 1 aromatic carbocycles. The highest BCUT2D eigenvalue weighted by Crippen LogP contribution is 2.29. The van der Waals surface area contributed by atoms with Crippen molar-refractivity contribution in [3.63, 3.8) is 0 Å². The van der Waals surface area contributed by atoms with Gasteiger partial charge in [-0.05, 0) is 37.1 Å². The zero-order chi connectivity index (χ0) is 22.8. The van der Waals surface area contributed by atoms with Gasteiger partial charge in [0.25, 0.3) is 0 Å². The first-order valence-corrected chi connectivity index (χ1v) is 11.5. The van der Waals surface area contributed by atoms with E-state index in [1.165, 1.54) is 0 Å². The smallest absolute Gasteiger partial charge is 0.245 e. The molecular formula is C21H23Cl3N6O2. The van der Waals surface area contributed by atoms with Crippen molar-refractivity contribution in [2.45, 2.75) is 31.8 Å². The number of hydrogen-bond acceptors (Lipinski definition) is 6. The topological polar surface area (TPSA) is 90.5 Å². The monoisotopic (exact) mass is 496 g/mol. The van der Waals surface area contributed by atoms with E-state index in [1.807, 2.05) is 24.0 Å². The molecule has 2 saturated heterocycles.